The zero-order valence-corrected chi connectivity index (χ0v) is 24.5. The Morgan fingerprint density at radius 3 is 2.24 bits per heavy atom. The van der Waals surface area contributed by atoms with Gasteiger partial charge < -0.3 is 10.2 Å². The van der Waals surface area contributed by atoms with Crippen LogP contribution in [0.1, 0.15) is 69.9 Å². The molecule has 2 aromatic carbocycles. The molecule has 9 heteroatoms. The molecular formula is C28H38BrN3O4S. The van der Waals surface area contributed by atoms with Crippen LogP contribution in [0.5, 0.6) is 0 Å². The molecule has 0 spiro atoms. The standard InChI is InChI=1S/C28H38BrN3O4S/c1-20(2)23-13-15-26(16-14-23)32(37(4,35)36)19-27(33)31(18-22-9-8-10-24(29)17-22)21(3)28(34)30-25-11-6-5-7-12-25/h8-10,13-17,20-21,25H,5-7,11-12,18-19H2,1-4H3,(H,30,34)/t21-/m1/s1. The van der Waals surface area contributed by atoms with Gasteiger partial charge in [-0.15, -0.1) is 0 Å². The summed E-state index contributed by atoms with van der Waals surface area (Å²) in [6, 6.07) is 14.1. The maximum atomic E-state index is 13.7. The van der Waals surface area contributed by atoms with Gasteiger partial charge in [-0.25, -0.2) is 8.42 Å². The summed E-state index contributed by atoms with van der Waals surface area (Å²) in [5.41, 5.74) is 2.34. The van der Waals surface area contributed by atoms with Crippen molar-refractivity contribution < 1.29 is 18.0 Å². The lowest BCUT2D eigenvalue weighted by Gasteiger charge is -2.33. The molecule has 1 N–H and O–H groups in total. The highest BCUT2D eigenvalue weighted by molar-refractivity contribution is 9.10. The van der Waals surface area contributed by atoms with Gasteiger partial charge in [0.15, 0.2) is 0 Å². The molecule has 0 aliphatic heterocycles. The highest BCUT2D eigenvalue weighted by Gasteiger charge is 2.31. The Hall–Kier alpha value is -2.39. The number of sulfonamides is 1. The van der Waals surface area contributed by atoms with Crippen molar-refractivity contribution in [3.63, 3.8) is 0 Å². The molecule has 202 valence electrons. The van der Waals surface area contributed by atoms with Crippen LogP contribution in [0.25, 0.3) is 0 Å². The first kappa shape index (κ1) is 29.2. The number of hydrogen-bond acceptors (Lipinski definition) is 4. The van der Waals surface area contributed by atoms with Gasteiger partial charge in [-0.1, -0.05) is 73.3 Å². The summed E-state index contributed by atoms with van der Waals surface area (Å²) in [5.74, 6) is -0.362. The van der Waals surface area contributed by atoms with E-state index in [1.54, 1.807) is 19.1 Å². The number of rotatable bonds is 10. The van der Waals surface area contributed by atoms with Gasteiger partial charge in [-0.3, -0.25) is 13.9 Å². The third-order valence-corrected chi connectivity index (χ3v) is 8.52. The molecule has 3 rings (SSSR count). The van der Waals surface area contributed by atoms with Crippen LogP contribution in [-0.2, 0) is 26.2 Å². The molecule has 0 saturated heterocycles. The third kappa shape index (κ3) is 8.30. The predicted molar refractivity (Wildman–Crippen MR) is 152 cm³/mol. The first-order valence-corrected chi connectivity index (χ1v) is 15.5. The molecule has 37 heavy (non-hydrogen) atoms. The SMILES string of the molecule is CC(C)c1ccc(N(CC(=O)N(Cc2cccc(Br)c2)[C@H](C)C(=O)NC2CCCCC2)S(C)(=O)=O)cc1. The van der Waals surface area contributed by atoms with Crippen LogP contribution in [0.3, 0.4) is 0 Å². The van der Waals surface area contributed by atoms with Gasteiger partial charge >= 0.3 is 0 Å². The van der Waals surface area contributed by atoms with Crippen LogP contribution in [-0.4, -0.2) is 50.0 Å². The number of benzene rings is 2. The van der Waals surface area contributed by atoms with E-state index in [9.17, 15) is 18.0 Å². The Labute approximate surface area is 229 Å². The number of nitrogens with zero attached hydrogens (tertiary/aromatic N) is 2. The molecule has 1 aliphatic rings. The molecular weight excluding hydrogens is 554 g/mol. The maximum Gasteiger partial charge on any atom is 0.244 e. The number of amides is 2. The zero-order valence-electron chi connectivity index (χ0n) is 22.1. The number of nitrogens with one attached hydrogen (secondary N) is 1. The smallest absolute Gasteiger partial charge is 0.244 e. The maximum absolute atomic E-state index is 13.7. The summed E-state index contributed by atoms with van der Waals surface area (Å²) >= 11 is 3.46. The average molecular weight is 593 g/mol. The molecule has 2 amide bonds. The van der Waals surface area contributed by atoms with Gasteiger partial charge in [-0.05, 0) is 61.1 Å². The summed E-state index contributed by atoms with van der Waals surface area (Å²) in [6.45, 7) is 5.62. The van der Waals surface area contributed by atoms with Crippen LogP contribution < -0.4 is 9.62 Å². The van der Waals surface area contributed by atoms with Gasteiger partial charge in [0.2, 0.25) is 21.8 Å². The minimum atomic E-state index is -3.75. The molecule has 2 aromatic rings. The van der Waals surface area contributed by atoms with Gasteiger partial charge in [0, 0.05) is 17.1 Å². The summed E-state index contributed by atoms with van der Waals surface area (Å²) in [6.07, 6.45) is 6.31. The largest absolute Gasteiger partial charge is 0.352 e. The van der Waals surface area contributed by atoms with Crippen molar-refractivity contribution in [2.45, 2.75) is 77.4 Å². The van der Waals surface area contributed by atoms with Crippen LogP contribution in [0.2, 0.25) is 0 Å². The Bertz CT molecular complexity index is 1180. The van der Waals surface area contributed by atoms with E-state index >= 15 is 0 Å². The molecule has 0 bridgehead atoms. The minimum absolute atomic E-state index is 0.110. The van der Waals surface area contributed by atoms with Gasteiger partial charge in [0.1, 0.15) is 12.6 Å². The van der Waals surface area contributed by atoms with Crippen LogP contribution >= 0.6 is 15.9 Å². The second kappa shape index (κ2) is 12.9. The average Bonchev–Trinajstić information content (AvgIpc) is 2.85. The molecule has 1 saturated carbocycles. The number of anilines is 1. The van der Waals surface area contributed by atoms with E-state index < -0.39 is 28.5 Å². The van der Waals surface area contributed by atoms with Crippen molar-refractivity contribution in [1.82, 2.24) is 10.2 Å². The summed E-state index contributed by atoms with van der Waals surface area (Å²) in [7, 11) is -3.75. The Morgan fingerprint density at radius 2 is 1.68 bits per heavy atom. The number of carbonyl (C=O) groups excluding carboxylic acids is 2. The van der Waals surface area contributed by atoms with Gasteiger partial charge in [0.25, 0.3) is 0 Å². The minimum Gasteiger partial charge on any atom is -0.352 e. The third-order valence-electron chi connectivity index (χ3n) is 6.89. The van der Waals surface area contributed by atoms with Crippen molar-refractivity contribution in [3.8, 4) is 0 Å². The molecule has 0 heterocycles. The van der Waals surface area contributed by atoms with Crippen molar-refractivity contribution in [3.05, 3.63) is 64.1 Å². The normalized spacial score (nSPS) is 15.3. The topological polar surface area (TPSA) is 86.8 Å². The quantitative estimate of drug-likeness (QED) is 0.411. The fourth-order valence-corrected chi connectivity index (χ4v) is 5.92. The first-order chi connectivity index (χ1) is 17.5. The van der Waals surface area contributed by atoms with Crippen molar-refractivity contribution in [2.75, 3.05) is 17.1 Å². The lowest BCUT2D eigenvalue weighted by atomic mass is 9.95. The van der Waals surface area contributed by atoms with Crippen molar-refractivity contribution in [2.24, 2.45) is 0 Å². The number of hydrogen-bond donors (Lipinski definition) is 1. The molecule has 1 aliphatic carbocycles. The monoisotopic (exact) mass is 591 g/mol. The van der Waals surface area contributed by atoms with E-state index in [0.717, 1.165) is 51.8 Å². The van der Waals surface area contributed by atoms with E-state index in [1.165, 1.54) is 11.3 Å². The van der Waals surface area contributed by atoms with Crippen LogP contribution in [0, 0.1) is 0 Å². The van der Waals surface area contributed by atoms with E-state index in [4.69, 9.17) is 0 Å². The Morgan fingerprint density at radius 1 is 1.03 bits per heavy atom. The van der Waals surface area contributed by atoms with E-state index in [1.807, 2.05) is 36.4 Å². The molecule has 1 fully saturated rings. The Balaban J connectivity index is 1.87. The van der Waals surface area contributed by atoms with E-state index in [0.29, 0.717) is 11.6 Å². The van der Waals surface area contributed by atoms with Gasteiger partial charge in [0.05, 0.1) is 11.9 Å². The Kier molecular flexibility index (Phi) is 10.2. The second-order valence-corrected chi connectivity index (χ2v) is 13.0. The lowest BCUT2D eigenvalue weighted by Crippen LogP contribution is -2.52. The first-order valence-electron chi connectivity index (χ1n) is 12.9. The number of carbonyl (C=O) groups is 2. The molecule has 0 radical (unpaired) electrons. The summed E-state index contributed by atoms with van der Waals surface area (Å²) < 4.78 is 27.5. The fraction of sp³-hybridized carbons (Fsp3) is 0.500. The summed E-state index contributed by atoms with van der Waals surface area (Å²) in [5, 5.41) is 3.11. The van der Waals surface area contributed by atoms with Crippen LogP contribution in [0.4, 0.5) is 5.69 Å². The predicted octanol–water partition coefficient (Wildman–Crippen LogP) is 5.20. The lowest BCUT2D eigenvalue weighted by molar-refractivity contribution is -0.139. The number of halogens is 1. The van der Waals surface area contributed by atoms with Gasteiger partial charge in [-0.2, -0.15) is 0 Å². The molecule has 7 nitrogen and oxygen atoms in total. The second-order valence-electron chi connectivity index (χ2n) is 10.2. The van der Waals surface area contributed by atoms with E-state index in [2.05, 4.69) is 35.1 Å². The zero-order chi connectivity index (χ0) is 27.2. The van der Waals surface area contributed by atoms with Crippen LogP contribution in [0.15, 0.2) is 53.0 Å². The fourth-order valence-electron chi connectivity index (χ4n) is 4.62. The summed E-state index contributed by atoms with van der Waals surface area (Å²) in [4.78, 5) is 28.4. The highest BCUT2D eigenvalue weighted by atomic mass is 79.9. The van der Waals surface area contributed by atoms with E-state index in [-0.39, 0.29) is 18.5 Å². The molecule has 0 unspecified atom stereocenters. The molecule has 0 aromatic heterocycles. The van der Waals surface area contributed by atoms with Crippen molar-refractivity contribution >= 4 is 43.5 Å². The highest BCUT2D eigenvalue weighted by Crippen LogP contribution is 2.23. The van der Waals surface area contributed by atoms with Crippen molar-refractivity contribution in [1.29, 1.82) is 0 Å². The molecule has 1 atom stereocenters.